The summed E-state index contributed by atoms with van der Waals surface area (Å²) in [4.78, 5) is 17.3. The molecule has 140 valence electrons. The van der Waals surface area contributed by atoms with Crippen molar-refractivity contribution in [2.24, 2.45) is 0 Å². The van der Waals surface area contributed by atoms with E-state index in [4.69, 9.17) is 11.6 Å². The summed E-state index contributed by atoms with van der Waals surface area (Å²) in [6, 6.07) is 12.8. The molecule has 0 aliphatic carbocycles. The van der Waals surface area contributed by atoms with E-state index in [1.807, 2.05) is 24.3 Å². The minimum atomic E-state index is -3.77. The Labute approximate surface area is 165 Å². The maximum Gasteiger partial charge on any atom is 0.244 e. The van der Waals surface area contributed by atoms with Crippen LogP contribution in [-0.4, -0.2) is 36.2 Å². The number of carbonyl (C=O) groups is 1. The van der Waals surface area contributed by atoms with Gasteiger partial charge in [0.2, 0.25) is 15.9 Å². The van der Waals surface area contributed by atoms with Crippen molar-refractivity contribution in [2.75, 3.05) is 11.9 Å². The van der Waals surface area contributed by atoms with E-state index in [0.717, 1.165) is 10.2 Å². The normalized spacial score (nSPS) is 18.0. The molecule has 1 N–H and O–H groups in total. The molecular formula is C18H16ClN3O3S2. The largest absolute Gasteiger partial charge is 0.301 e. The molecule has 4 rings (SSSR count). The number of anilines is 1. The number of hydrogen-bond acceptors (Lipinski definition) is 5. The topological polar surface area (TPSA) is 79.4 Å². The second-order valence-corrected chi connectivity index (χ2v) is 9.56. The lowest BCUT2D eigenvalue weighted by molar-refractivity contribution is -0.119. The standard InChI is InChI=1S/C18H16ClN3O3S2/c19-12-7-9-13(10-8-12)27(24,25)22-11-3-5-15(22)17(23)21-18-20-14-4-1-2-6-16(14)26-18/h1-2,4,6-10,15H,3,5,11H2,(H,20,21,23)/t15-/m0/s1. The molecule has 1 aliphatic rings. The molecule has 0 unspecified atom stereocenters. The maximum atomic E-state index is 12.9. The number of fused-ring (bicyclic) bond motifs is 1. The van der Waals surface area contributed by atoms with Crippen LogP contribution in [0.15, 0.2) is 53.4 Å². The predicted octanol–water partition coefficient (Wildman–Crippen LogP) is 3.74. The van der Waals surface area contributed by atoms with Crippen LogP contribution in [0.3, 0.4) is 0 Å². The molecule has 0 saturated carbocycles. The van der Waals surface area contributed by atoms with Crippen molar-refractivity contribution in [1.82, 2.24) is 9.29 Å². The zero-order valence-corrected chi connectivity index (χ0v) is 16.5. The molecule has 0 radical (unpaired) electrons. The Kier molecular flexibility index (Phi) is 4.90. The summed E-state index contributed by atoms with van der Waals surface area (Å²) in [5.41, 5.74) is 0.801. The predicted molar refractivity (Wildman–Crippen MR) is 107 cm³/mol. The number of thiazole rings is 1. The lowest BCUT2D eigenvalue weighted by atomic mass is 10.2. The van der Waals surface area contributed by atoms with Crippen molar-refractivity contribution in [3.8, 4) is 0 Å². The number of nitrogens with zero attached hydrogens (tertiary/aromatic N) is 2. The van der Waals surface area contributed by atoms with Gasteiger partial charge >= 0.3 is 0 Å². The Balaban J connectivity index is 1.56. The minimum Gasteiger partial charge on any atom is -0.301 e. The molecule has 0 spiro atoms. The summed E-state index contributed by atoms with van der Waals surface area (Å²) >= 11 is 7.21. The average molecular weight is 422 g/mol. The van der Waals surface area contributed by atoms with E-state index in [-0.39, 0.29) is 10.8 Å². The highest BCUT2D eigenvalue weighted by atomic mass is 35.5. The summed E-state index contributed by atoms with van der Waals surface area (Å²) in [6.45, 7) is 0.308. The number of halogens is 1. The average Bonchev–Trinajstić information content (AvgIpc) is 3.29. The van der Waals surface area contributed by atoms with Gasteiger partial charge in [0.15, 0.2) is 5.13 Å². The highest BCUT2D eigenvalue weighted by molar-refractivity contribution is 7.89. The number of rotatable bonds is 4. The van der Waals surface area contributed by atoms with E-state index in [1.54, 1.807) is 0 Å². The Morgan fingerprint density at radius 1 is 1.19 bits per heavy atom. The van der Waals surface area contributed by atoms with Gasteiger partial charge in [-0.05, 0) is 49.2 Å². The second-order valence-electron chi connectivity index (χ2n) is 6.20. The van der Waals surface area contributed by atoms with Crippen LogP contribution in [0.25, 0.3) is 10.2 Å². The minimum absolute atomic E-state index is 0.131. The number of benzene rings is 2. The summed E-state index contributed by atoms with van der Waals surface area (Å²) in [5, 5.41) is 3.71. The second kappa shape index (κ2) is 7.20. The first-order valence-electron chi connectivity index (χ1n) is 8.39. The molecule has 3 aromatic rings. The fraction of sp³-hybridized carbons (Fsp3) is 0.222. The molecule has 1 atom stereocenters. The summed E-state index contributed by atoms with van der Waals surface area (Å²) in [5.74, 6) is -0.357. The molecule has 1 aromatic heterocycles. The van der Waals surface area contributed by atoms with Crippen LogP contribution in [0.5, 0.6) is 0 Å². The molecule has 9 heteroatoms. The molecule has 6 nitrogen and oxygen atoms in total. The Morgan fingerprint density at radius 3 is 2.67 bits per heavy atom. The van der Waals surface area contributed by atoms with Crippen LogP contribution in [0.1, 0.15) is 12.8 Å². The van der Waals surface area contributed by atoms with Crippen LogP contribution < -0.4 is 5.32 Å². The third-order valence-corrected chi connectivity index (χ3v) is 7.58. The van der Waals surface area contributed by atoms with Gasteiger partial charge in [0.1, 0.15) is 6.04 Å². The molecule has 1 fully saturated rings. The van der Waals surface area contributed by atoms with Crippen LogP contribution in [-0.2, 0) is 14.8 Å². The summed E-state index contributed by atoms with van der Waals surface area (Å²) < 4.78 is 28.1. The number of amides is 1. The van der Waals surface area contributed by atoms with Gasteiger partial charge in [0, 0.05) is 11.6 Å². The maximum absolute atomic E-state index is 12.9. The van der Waals surface area contributed by atoms with Gasteiger partial charge in [0.05, 0.1) is 15.1 Å². The lowest BCUT2D eigenvalue weighted by Crippen LogP contribution is -2.43. The molecule has 27 heavy (non-hydrogen) atoms. The summed E-state index contributed by atoms with van der Waals surface area (Å²) in [6.07, 6.45) is 1.11. The number of carbonyl (C=O) groups excluding carboxylic acids is 1. The van der Waals surface area contributed by atoms with Crippen LogP contribution >= 0.6 is 22.9 Å². The number of sulfonamides is 1. The smallest absolute Gasteiger partial charge is 0.244 e. The number of nitrogens with one attached hydrogen (secondary N) is 1. The zero-order valence-electron chi connectivity index (χ0n) is 14.1. The number of hydrogen-bond donors (Lipinski definition) is 1. The van der Waals surface area contributed by atoms with Crippen molar-refractivity contribution in [3.63, 3.8) is 0 Å². The van der Waals surface area contributed by atoms with Gasteiger partial charge in [0.25, 0.3) is 0 Å². The van der Waals surface area contributed by atoms with Gasteiger partial charge in [-0.1, -0.05) is 35.1 Å². The molecular weight excluding hydrogens is 406 g/mol. The Hall–Kier alpha value is -2.00. The number of para-hydroxylation sites is 1. The molecule has 1 saturated heterocycles. The third kappa shape index (κ3) is 3.58. The lowest BCUT2D eigenvalue weighted by Gasteiger charge is -2.23. The van der Waals surface area contributed by atoms with E-state index in [1.165, 1.54) is 39.9 Å². The van der Waals surface area contributed by atoms with Gasteiger partial charge < -0.3 is 5.32 Å². The third-order valence-electron chi connectivity index (χ3n) is 4.45. The van der Waals surface area contributed by atoms with E-state index in [0.29, 0.717) is 29.5 Å². The van der Waals surface area contributed by atoms with Crippen molar-refractivity contribution >= 4 is 54.2 Å². The zero-order chi connectivity index (χ0) is 19.0. The van der Waals surface area contributed by atoms with Gasteiger partial charge in [-0.2, -0.15) is 4.31 Å². The SMILES string of the molecule is O=C(Nc1nc2ccccc2s1)[C@@H]1CCCN1S(=O)(=O)c1ccc(Cl)cc1. The van der Waals surface area contributed by atoms with E-state index in [2.05, 4.69) is 10.3 Å². The monoisotopic (exact) mass is 421 g/mol. The van der Waals surface area contributed by atoms with Crippen molar-refractivity contribution < 1.29 is 13.2 Å². The fourth-order valence-corrected chi connectivity index (χ4v) is 5.80. The van der Waals surface area contributed by atoms with Crippen molar-refractivity contribution in [3.05, 3.63) is 53.6 Å². The highest BCUT2D eigenvalue weighted by Gasteiger charge is 2.39. The van der Waals surface area contributed by atoms with Gasteiger partial charge in [-0.25, -0.2) is 13.4 Å². The van der Waals surface area contributed by atoms with Crippen LogP contribution in [0.2, 0.25) is 5.02 Å². The first kappa shape index (κ1) is 18.4. The fourth-order valence-electron chi connectivity index (χ4n) is 3.15. The molecule has 2 heterocycles. The first-order chi connectivity index (χ1) is 12.9. The van der Waals surface area contributed by atoms with E-state index < -0.39 is 16.1 Å². The van der Waals surface area contributed by atoms with Crippen LogP contribution in [0, 0.1) is 0 Å². The summed E-state index contributed by atoms with van der Waals surface area (Å²) in [7, 11) is -3.77. The molecule has 1 amide bonds. The van der Waals surface area contributed by atoms with E-state index >= 15 is 0 Å². The Bertz CT molecular complexity index is 1060. The van der Waals surface area contributed by atoms with Gasteiger partial charge in [-0.15, -0.1) is 0 Å². The Morgan fingerprint density at radius 2 is 1.93 bits per heavy atom. The molecule has 1 aliphatic heterocycles. The van der Waals surface area contributed by atoms with Crippen molar-refractivity contribution in [2.45, 2.75) is 23.8 Å². The molecule has 2 aromatic carbocycles. The van der Waals surface area contributed by atoms with Crippen molar-refractivity contribution in [1.29, 1.82) is 0 Å². The van der Waals surface area contributed by atoms with E-state index in [9.17, 15) is 13.2 Å². The first-order valence-corrected chi connectivity index (χ1v) is 11.0. The highest BCUT2D eigenvalue weighted by Crippen LogP contribution is 2.29. The number of aromatic nitrogens is 1. The quantitative estimate of drug-likeness (QED) is 0.695. The van der Waals surface area contributed by atoms with Gasteiger partial charge in [-0.3, -0.25) is 4.79 Å². The molecule has 0 bridgehead atoms. The van der Waals surface area contributed by atoms with Crippen LogP contribution in [0.4, 0.5) is 5.13 Å².